The number of hydrogen-bond acceptors (Lipinski definition) is 6. The second kappa shape index (κ2) is 7.48. The number of nitrogens with one attached hydrogen (secondary N) is 1. The van der Waals surface area contributed by atoms with Crippen LogP contribution >= 0.6 is 11.3 Å². The summed E-state index contributed by atoms with van der Waals surface area (Å²) in [6.07, 6.45) is 3.25. The van der Waals surface area contributed by atoms with Crippen molar-refractivity contribution in [1.29, 1.82) is 0 Å². The van der Waals surface area contributed by atoms with Crippen molar-refractivity contribution in [3.05, 3.63) is 51.2 Å². The molecule has 130 valence electrons. The molecule has 1 aromatic carbocycles. The summed E-state index contributed by atoms with van der Waals surface area (Å²) in [5, 5.41) is 14.6. The largest absolute Gasteiger partial charge is 0.546 e. The van der Waals surface area contributed by atoms with Gasteiger partial charge in [-0.3, -0.25) is 4.79 Å². The van der Waals surface area contributed by atoms with E-state index in [-0.39, 0.29) is 5.91 Å². The molecule has 7 heteroatoms. The van der Waals surface area contributed by atoms with Gasteiger partial charge in [-0.15, -0.1) is 11.3 Å². The number of carbonyl (C=O) groups excluding carboxylic acids is 2. The lowest BCUT2D eigenvalue weighted by Crippen LogP contribution is -2.28. The summed E-state index contributed by atoms with van der Waals surface area (Å²) in [4.78, 5) is 24.6. The number of amides is 1. The number of ether oxygens (including phenoxy) is 1. The summed E-state index contributed by atoms with van der Waals surface area (Å²) in [6, 6.07) is 8.78. The van der Waals surface area contributed by atoms with Gasteiger partial charge in [-0.25, -0.2) is 5.43 Å². The van der Waals surface area contributed by atoms with Crippen LogP contribution < -0.4 is 15.3 Å². The number of aryl methyl sites for hydroxylation is 2. The van der Waals surface area contributed by atoms with Crippen LogP contribution in [0.1, 0.15) is 39.0 Å². The number of thiophene rings is 1. The van der Waals surface area contributed by atoms with E-state index in [1.165, 1.54) is 21.8 Å². The Balaban J connectivity index is 1.65. The van der Waals surface area contributed by atoms with Gasteiger partial charge in [0, 0.05) is 10.4 Å². The Bertz CT molecular complexity index is 820. The third-order valence-corrected chi connectivity index (χ3v) is 5.14. The van der Waals surface area contributed by atoms with Crippen LogP contribution in [-0.2, 0) is 17.6 Å². The van der Waals surface area contributed by atoms with Crippen LogP contribution in [0.25, 0.3) is 0 Å². The minimum Gasteiger partial charge on any atom is -0.546 e. The highest BCUT2D eigenvalue weighted by atomic mass is 32.1. The predicted molar refractivity (Wildman–Crippen MR) is 93.0 cm³/mol. The van der Waals surface area contributed by atoms with Gasteiger partial charge in [0.2, 0.25) is 0 Å². The molecule has 2 aromatic rings. The smallest absolute Gasteiger partial charge is 0.281 e. The predicted octanol–water partition coefficient (Wildman–Crippen LogP) is 1.52. The average molecular weight is 357 g/mol. The molecule has 1 amide bonds. The molecule has 0 spiro atoms. The third-order valence-electron chi connectivity index (χ3n) is 3.90. The van der Waals surface area contributed by atoms with Crippen LogP contribution in [0.2, 0.25) is 0 Å². The average Bonchev–Trinajstić information content (AvgIpc) is 3.19. The Morgan fingerprint density at radius 2 is 2.16 bits per heavy atom. The molecule has 25 heavy (non-hydrogen) atoms. The maximum atomic E-state index is 12.2. The first-order chi connectivity index (χ1) is 12.0. The van der Waals surface area contributed by atoms with Gasteiger partial charge in [0.1, 0.15) is 12.4 Å². The summed E-state index contributed by atoms with van der Waals surface area (Å²) >= 11 is 1.53. The molecule has 1 aromatic heterocycles. The van der Waals surface area contributed by atoms with E-state index >= 15 is 0 Å². The van der Waals surface area contributed by atoms with Gasteiger partial charge in [-0.1, -0.05) is 12.1 Å². The first-order valence-electron chi connectivity index (χ1n) is 7.92. The molecule has 1 aliphatic carbocycles. The summed E-state index contributed by atoms with van der Waals surface area (Å²) in [5.74, 6) is -1.11. The molecule has 1 aliphatic rings. The Kier molecular flexibility index (Phi) is 5.14. The molecule has 6 nitrogen and oxygen atoms in total. The molecular weight excluding hydrogens is 340 g/mol. The first kappa shape index (κ1) is 17.2. The molecule has 0 fully saturated rings. The lowest BCUT2D eigenvalue weighted by Gasteiger charge is -2.08. The molecule has 3 rings (SSSR count). The summed E-state index contributed by atoms with van der Waals surface area (Å²) in [6.45, 7) is 1.24. The van der Waals surface area contributed by atoms with Crippen molar-refractivity contribution in [3.8, 4) is 5.75 Å². The van der Waals surface area contributed by atoms with Crippen LogP contribution in [0.3, 0.4) is 0 Å². The van der Waals surface area contributed by atoms with Crippen molar-refractivity contribution < 1.29 is 19.4 Å². The van der Waals surface area contributed by atoms with Gasteiger partial charge in [-0.2, -0.15) is 5.10 Å². The number of hydrazone groups is 1. The number of benzene rings is 1. The topological polar surface area (TPSA) is 90.8 Å². The van der Waals surface area contributed by atoms with Gasteiger partial charge in [0.05, 0.1) is 16.6 Å². The van der Waals surface area contributed by atoms with E-state index in [0.717, 1.165) is 24.8 Å². The second-order valence-electron chi connectivity index (χ2n) is 5.74. The minimum absolute atomic E-state index is 0.219. The van der Waals surface area contributed by atoms with Crippen LogP contribution in [0, 0.1) is 0 Å². The highest BCUT2D eigenvalue weighted by Gasteiger charge is 2.18. The molecule has 0 bridgehead atoms. The van der Waals surface area contributed by atoms with E-state index in [4.69, 9.17) is 4.74 Å². The van der Waals surface area contributed by atoms with Gasteiger partial charge in [-0.05, 0) is 49.9 Å². The molecule has 0 saturated heterocycles. The highest BCUT2D eigenvalue weighted by molar-refractivity contribution is 7.14. The first-order valence-corrected chi connectivity index (χ1v) is 8.74. The maximum absolute atomic E-state index is 12.2. The van der Waals surface area contributed by atoms with E-state index in [0.29, 0.717) is 16.3 Å². The second-order valence-corrected chi connectivity index (χ2v) is 6.88. The highest BCUT2D eigenvalue weighted by Crippen LogP contribution is 2.30. The molecular formula is C18H17N2O4S-. The van der Waals surface area contributed by atoms with Gasteiger partial charge in [0.25, 0.3) is 5.91 Å². The molecule has 0 unspecified atom stereocenters. The van der Waals surface area contributed by atoms with E-state index in [1.54, 1.807) is 31.2 Å². The Labute approximate surface area is 149 Å². The van der Waals surface area contributed by atoms with Crippen LogP contribution in [0.15, 0.2) is 35.4 Å². The van der Waals surface area contributed by atoms with Crippen molar-refractivity contribution in [3.63, 3.8) is 0 Å². The van der Waals surface area contributed by atoms with Crippen molar-refractivity contribution in [1.82, 2.24) is 5.43 Å². The summed E-state index contributed by atoms with van der Waals surface area (Å²) in [7, 11) is 0. The van der Waals surface area contributed by atoms with Crippen LogP contribution in [-0.4, -0.2) is 24.2 Å². The number of aliphatic carboxylic acids is 1. The number of fused-ring (bicyclic) bond motifs is 1. The fraction of sp³-hybridized carbons (Fsp3) is 0.278. The van der Waals surface area contributed by atoms with E-state index in [2.05, 4.69) is 10.5 Å². The molecule has 0 saturated carbocycles. The van der Waals surface area contributed by atoms with E-state index in [1.807, 2.05) is 6.07 Å². The fourth-order valence-electron chi connectivity index (χ4n) is 2.65. The Morgan fingerprint density at radius 1 is 1.32 bits per heavy atom. The number of carbonyl (C=O) groups is 2. The molecule has 0 aliphatic heterocycles. The van der Waals surface area contributed by atoms with Gasteiger partial charge < -0.3 is 14.6 Å². The van der Waals surface area contributed by atoms with Crippen LogP contribution in [0.4, 0.5) is 0 Å². The molecule has 0 radical (unpaired) electrons. The van der Waals surface area contributed by atoms with Crippen molar-refractivity contribution >= 4 is 28.9 Å². The zero-order chi connectivity index (χ0) is 17.8. The van der Waals surface area contributed by atoms with E-state index < -0.39 is 12.6 Å². The van der Waals surface area contributed by atoms with Crippen molar-refractivity contribution in [2.75, 3.05) is 6.61 Å². The number of rotatable bonds is 6. The number of nitrogens with zero attached hydrogens (tertiary/aromatic N) is 1. The quantitative estimate of drug-likeness (QED) is 0.627. The lowest BCUT2D eigenvalue weighted by molar-refractivity contribution is -0.307. The molecule has 1 N–H and O–H groups in total. The number of carboxylic acids is 1. The van der Waals surface area contributed by atoms with Gasteiger partial charge in [0.15, 0.2) is 0 Å². The van der Waals surface area contributed by atoms with Gasteiger partial charge >= 0.3 is 0 Å². The lowest BCUT2D eigenvalue weighted by atomic mass is 10.1. The number of carboxylic acid groups (broad SMARTS) is 1. The molecule has 0 atom stereocenters. The van der Waals surface area contributed by atoms with Crippen molar-refractivity contribution in [2.24, 2.45) is 5.10 Å². The molecule has 1 heterocycles. The van der Waals surface area contributed by atoms with Crippen LogP contribution in [0.5, 0.6) is 5.75 Å². The fourth-order valence-corrected chi connectivity index (χ4v) is 3.79. The zero-order valence-electron chi connectivity index (χ0n) is 13.7. The summed E-state index contributed by atoms with van der Waals surface area (Å²) < 4.78 is 5.09. The maximum Gasteiger partial charge on any atom is 0.281 e. The normalized spacial score (nSPS) is 13.4. The third kappa shape index (κ3) is 4.24. The monoisotopic (exact) mass is 357 g/mol. The van der Waals surface area contributed by atoms with E-state index in [9.17, 15) is 14.7 Å². The standard InChI is InChI=1S/C18H18N2O4S/c1-11(12-4-2-6-14(8-12)24-10-17(21)22)19-20-18(23)16-9-13-5-3-7-15(13)25-16/h2,4,6,8-9H,3,5,7,10H2,1H3,(H,20,23)(H,21,22)/p-1/b19-11-. The van der Waals surface area contributed by atoms with Crippen molar-refractivity contribution in [2.45, 2.75) is 26.2 Å². The SMILES string of the molecule is C/C(=N/NC(=O)c1cc2c(s1)CCC2)c1cccc(OCC(=O)[O-])c1. The summed E-state index contributed by atoms with van der Waals surface area (Å²) in [5.41, 5.74) is 5.16. The zero-order valence-corrected chi connectivity index (χ0v) is 14.5. The Hall–Kier alpha value is -2.67. The number of hydrogen-bond donors (Lipinski definition) is 1. The minimum atomic E-state index is -1.29. The Morgan fingerprint density at radius 3 is 2.92 bits per heavy atom.